The first-order valence-electron chi connectivity index (χ1n) is 12.3. The summed E-state index contributed by atoms with van der Waals surface area (Å²) in [6.45, 7) is 4.22. The van der Waals surface area contributed by atoms with Crippen LogP contribution in [0.2, 0.25) is 0 Å². The SMILES string of the molecule is COc1cnc2c(Oc3ccc(Nc4nnc(-c5ccc(C)c(C)c5)c5ccccc45)cc3)ccnc2c1. The maximum atomic E-state index is 6.12. The standard InChI is InChI=1S/C31H25N5O2/c1-19-8-9-21(16-20(19)2)29-25-6-4-5-7-26(25)31(36-35-29)34-22-10-12-23(13-11-22)38-28-14-15-32-27-17-24(37-3)18-33-30(27)28/h4-18H,1-3H3,(H,34,36). The lowest BCUT2D eigenvalue weighted by Gasteiger charge is -2.13. The summed E-state index contributed by atoms with van der Waals surface area (Å²) in [7, 11) is 1.60. The molecule has 0 spiro atoms. The minimum Gasteiger partial charge on any atom is -0.495 e. The number of pyridine rings is 2. The highest BCUT2D eigenvalue weighted by Crippen LogP contribution is 2.33. The quantitative estimate of drug-likeness (QED) is 0.256. The Bertz CT molecular complexity index is 1780. The number of nitrogens with one attached hydrogen (secondary N) is 1. The summed E-state index contributed by atoms with van der Waals surface area (Å²) >= 11 is 0. The van der Waals surface area contributed by atoms with Gasteiger partial charge in [-0.15, -0.1) is 10.2 Å². The van der Waals surface area contributed by atoms with Gasteiger partial charge >= 0.3 is 0 Å². The molecular formula is C31H25N5O2. The smallest absolute Gasteiger partial charge is 0.161 e. The molecule has 7 heteroatoms. The summed E-state index contributed by atoms with van der Waals surface area (Å²) in [4.78, 5) is 8.81. The molecule has 3 aromatic heterocycles. The number of hydrogen-bond acceptors (Lipinski definition) is 7. The Morgan fingerprint density at radius 2 is 1.55 bits per heavy atom. The number of nitrogens with zero attached hydrogens (tertiary/aromatic N) is 4. The van der Waals surface area contributed by atoms with Gasteiger partial charge in [-0.25, -0.2) is 4.98 Å². The van der Waals surface area contributed by atoms with E-state index in [1.807, 2.05) is 42.5 Å². The average Bonchev–Trinajstić information content (AvgIpc) is 2.95. The molecular weight excluding hydrogens is 474 g/mol. The first-order chi connectivity index (χ1) is 18.6. The molecule has 0 atom stereocenters. The molecule has 0 radical (unpaired) electrons. The molecule has 0 saturated carbocycles. The number of anilines is 2. The summed E-state index contributed by atoms with van der Waals surface area (Å²) in [5.74, 6) is 2.65. The zero-order chi connectivity index (χ0) is 26.1. The zero-order valence-corrected chi connectivity index (χ0v) is 21.3. The largest absolute Gasteiger partial charge is 0.495 e. The van der Waals surface area contributed by atoms with Crippen molar-refractivity contribution in [1.29, 1.82) is 0 Å². The molecule has 3 heterocycles. The topological polar surface area (TPSA) is 82.0 Å². The second-order valence-electron chi connectivity index (χ2n) is 9.05. The molecule has 6 aromatic rings. The molecule has 186 valence electrons. The molecule has 38 heavy (non-hydrogen) atoms. The lowest BCUT2D eigenvalue weighted by atomic mass is 10.0. The van der Waals surface area contributed by atoms with Gasteiger partial charge < -0.3 is 14.8 Å². The molecule has 3 aromatic carbocycles. The van der Waals surface area contributed by atoms with Crippen molar-refractivity contribution in [3.8, 4) is 28.5 Å². The number of ether oxygens (including phenoxy) is 2. The van der Waals surface area contributed by atoms with Gasteiger partial charge in [-0.2, -0.15) is 0 Å². The zero-order valence-electron chi connectivity index (χ0n) is 21.3. The van der Waals surface area contributed by atoms with E-state index in [1.165, 1.54) is 11.1 Å². The van der Waals surface area contributed by atoms with Crippen LogP contribution in [0.25, 0.3) is 33.1 Å². The van der Waals surface area contributed by atoms with Gasteiger partial charge in [0.2, 0.25) is 0 Å². The van der Waals surface area contributed by atoms with Crippen LogP contribution < -0.4 is 14.8 Å². The second-order valence-corrected chi connectivity index (χ2v) is 9.05. The molecule has 0 saturated heterocycles. The Labute approximate surface area is 220 Å². The number of aryl methyl sites for hydroxylation is 2. The lowest BCUT2D eigenvalue weighted by Crippen LogP contribution is -1.99. The summed E-state index contributed by atoms with van der Waals surface area (Å²) in [5.41, 5.74) is 6.66. The molecule has 0 fully saturated rings. The van der Waals surface area contributed by atoms with Crippen molar-refractivity contribution >= 4 is 33.3 Å². The number of benzene rings is 3. The Morgan fingerprint density at radius 3 is 2.34 bits per heavy atom. The van der Waals surface area contributed by atoms with E-state index >= 15 is 0 Å². The normalized spacial score (nSPS) is 11.0. The van der Waals surface area contributed by atoms with Crippen molar-refractivity contribution < 1.29 is 9.47 Å². The number of methoxy groups -OCH3 is 1. The highest BCUT2D eigenvalue weighted by Gasteiger charge is 2.12. The van der Waals surface area contributed by atoms with Gasteiger partial charge in [0.05, 0.1) is 18.8 Å². The van der Waals surface area contributed by atoms with E-state index < -0.39 is 0 Å². The number of aromatic nitrogens is 4. The monoisotopic (exact) mass is 499 g/mol. The van der Waals surface area contributed by atoms with E-state index in [4.69, 9.17) is 9.47 Å². The van der Waals surface area contributed by atoms with Gasteiger partial charge in [0.15, 0.2) is 11.6 Å². The van der Waals surface area contributed by atoms with E-state index in [-0.39, 0.29) is 0 Å². The maximum absolute atomic E-state index is 6.12. The Hall–Kier alpha value is -5.04. The molecule has 0 amide bonds. The van der Waals surface area contributed by atoms with Crippen LogP contribution in [0.1, 0.15) is 11.1 Å². The fourth-order valence-corrected chi connectivity index (χ4v) is 4.35. The van der Waals surface area contributed by atoms with Crippen LogP contribution in [0.15, 0.2) is 91.3 Å². The van der Waals surface area contributed by atoms with Gasteiger partial charge in [-0.1, -0.05) is 36.4 Å². The third-order valence-electron chi connectivity index (χ3n) is 6.56. The Morgan fingerprint density at radius 1 is 0.737 bits per heavy atom. The third kappa shape index (κ3) is 4.46. The van der Waals surface area contributed by atoms with Crippen molar-refractivity contribution in [3.63, 3.8) is 0 Å². The Kier molecular flexibility index (Phi) is 6.01. The summed E-state index contributed by atoms with van der Waals surface area (Å²) < 4.78 is 11.4. The third-order valence-corrected chi connectivity index (χ3v) is 6.56. The molecule has 7 nitrogen and oxygen atoms in total. The average molecular weight is 500 g/mol. The molecule has 1 N–H and O–H groups in total. The van der Waals surface area contributed by atoms with Crippen LogP contribution in [-0.4, -0.2) is 27.3 Å². The predicted molar refractivity (Wildman–Crippen MR) is 150 cm³/mol. The van der Waals surface area contributed by atoms with E-state index in [9.17, 15) is 0 Å². The van der Waals surface area contributed by atoms with E-state index in [1.54, 1.807) is 25.6 Å². The minimum absolute atomic E-state index is 0.622. The van der Waals surface area contributed by atoms with Gasteiger partial charge in [0.1, 0.15) is 22.7 Å². The van der Waals surface area contributed by atoms with E-state index in [0.29, 0.717) is 34.1 Å². The van der Waals surface area contributed by atoms with Gasteiger partial charge in [-0.3, -0.25) is 4.98 Å². The fraction of sp³-hybridized carbons (Fsp3) is 0.0968. The molecule has 0 aliphatic rings. The first-order valence-corrected chi connectivity index (χ1v) is 12.3. The van der Waals surface area contributed by atoms with Gasteiger partial charge in [0.25, 0.3) is 0 Å². The highest BCUT2D eigenvalue weighted by molar-refractivity contribution is 6.00. The van der Waals surface area contributed by atoms with E-state index in [2.05, 4.69) is 69.7 Å². The van der Waals surface area contributed by atoms with Crippen LogP contribution in [0.3, 0.4) is 0 Å². The molecule has 0 aliphatic carbocycles. The molecule has 0 bridgehead atoms. The highest BCUT2D eigenvalue weighted by atomic mass is 16.5. The second kappa shape index (κ2) is 9.78. The van der Waals surface area contributed by atoms with Crippen LogP contribution in [-0.2, 0) is 0 Å². The van der Waals surface area contributed by atoms with Crippen molar-refractivity contribution in [2.45, 2.75) is 13.8 Å². The van der Waals surface area contributed by atoms with Crippen LogP contribution >= 0.6 is 0 Å². The summed E-state index contributed by atoms with van der Waals surface area (Å²) in [6, 6.07) is 25.9. The predicted octanol–water partition coefficient (Wildman–Crippen LogP) is 7.40. The first kappa shape index (κ1) is 23.4. The number of hydrogen-bond donors (Lipinski definition) is 1. The lowest BCUT2D eigenvalue weighted by molar-refractivity contribution is 0.413. The molecule has 0 aliphatic heterocycles. The van der Waals surface area contributed by atoms with Crippen LogP contribution in [0.5, 0.6) is 17.2 Å². The van der Waals surface area contributed by atoms with Crippen molar-refractivity contribution in [3.05, 3.63) is 102 Å². The maximum Gasteiger partial charge on any atom is 0.161 e. The van der Waals surface area contributed by atoms with Gasteiger partial charge in [-0.05, 0) is 55.3 Å². The van der Waals surface area contributed by atoms with Crippen molar-refractivity contribution in [2.75, 3.05) is 12.4 Å². The summed E-state index contributed by atoms with van der Waals surface area (Å²) in [6.07, 6.45) is 3.35. The molecule has 0 unspecified atom stereocenters. The fourth-order valence-electron chi connectivity index (χ4n) is 4.35. The number of fused-ring (bicyclic) bond motifs is 2. The minimum atomic E-state index is 0.622. The van der Waals surface area contributed by atoms with Crippen LogP contribution in [0, 0.1) is 13.8 Å². The van der Waals surface area contributed by atoms with Gasteiger partial charge in [0, 0.05) is 40.4 Å². The Balaban J connectivity index is 1.27. The van der Waals surface area contributed by atoms with E-state index in [0.717, 1.165) is 27.7 Å². The summed E-state index contributed by atoms with van der Waals surface area (Å²) in [5, 5.41) is 14.6. The van der Waals surface area contributed by atoms with Crippen LogP contribution in [0.4, 0.5) is 11.5 Å². The van der Waals surface area contributed by atoms with Crippen molar-refractivity contribution in [2.24, 2.45) is 0 Å². The number of rotatable bonds is 6. The molecule has 6 rings (SSSR count). The van der Waals surface area contributed by atoms with Crippen molar-refractivity contribution in [1.82, 2.24) is 20.2 Å².